The first kappa shape index (κ1) is 11.7. The van der Waals surface area contributed by atoms with Crippen molar-refractivity contribution in [2.75, 3.05) is 13.6 Å². The molecular weight excluding hydrogens is 194 g/mol. The first-order chi connectivity index (χ1) is 7.81. The average Bonchev–Trinajstić information content (AvgIpc) is 2.19. The van der Waals surface area contributed by atoms with Crippen molar-refractivity contribution in [3.05, 3.63) is 35.4 Å². The minimum absolute atomic E-state index is 0.833. The van der Waals surface area contributed by atoms with Gasteiger partial charge in [0.15, 0.2) is 0 Å². The Kier molecular flexibility index (Phi) is 4.00. The fourth-order valence-corrected chi connectivity index (χ4v) is 2.70. The molecule has 1 fully saturated rings. The van der Waals surface area contributed by atoms with Crippen molar-refractivity contribution in [1.29, 1.82) is 0 Å². The van der Waals surface area contributed by atoms with Crippen LogP contribution in [0.15, 0.2) is 24.3 Å². The van der Waals surface area contributed by atoms with Crippen LogP contribution >= 0.6 is 0 Å². The number of hydrogen-bond donors (Lipinski definition) is 1. The van der Waals surface area contributed by atoms with Crippen LogP contribution in [0.3, 0.4) is 0 Å². The lowest BCUT2D eigenvalue weighted by Gasteiger charge is -2.34. The summed E-state index contributed by atoms with van der Waals surface area (Å²) in [4.78, 5) is 0. The molecule has 0 spiro atoms. The fraction of sp³-hybridized carbons (Fsp3) is 0.600. The average molecular weight is 217 g/mol. The molecule has 1 unspecified atom stereocenters. The van der Waals surface area contributed by atoms with Crippen molar-refractivity contribution in [1.82, 2.24) is 5.32 Å². The Labute approximate surface area is 99.3 Å². The Morgan fingerprint density at radius 1 is 1.31 bits per heavy atom. The van der Waals surface area contributed by atoms with E-state index in [0.717, 1.165) is 11.8 Å². The Morgan fingerprint density at radius 3 is 2.62 bits per heavy atom. The van der Waals surface area contributed by atoms with Crippen LogP contribution < -0.4 is 5.32 Å². The zero-order valence-electron chi connectivity index (χ0n) is 10.5. The SMILES string of the molecule is CNCC(Cc1ccccc1C)C1CCC1. The zero-order valence-corrected chi connectivity index (χ0v) is 10.5. The molecule has 1 aliphatic rings. The molecule has 16 heavy (non-hydrogen) atoms. The minimum Gasteiger partial charge on any atom is -0.319 e. The third-order valence-electron chi connectivity index (χ3n) is 4.03. The number of aryl methyl sites for hydroxylation is 1. The first-order valence-corrected chi connectivity index (χ1v) is 6.50. The van der Waals surface area contributed by atoms with Gasteiger partial charge < -0.3 is 5.32 Å². The van der Waals surface area contributed by atoms with Gasteiger partial charge >= 0.3 is 0 Å². The monoisotopic (exact) mass is 217 g/mol. The lowest BCUT2D eigenvalue weighted by Crippen LogP contribution is -2.31. The van der Waals surface area contributed by atoms with E-state index in [4.69, 9.17) is 0 Å². The van der Waals surface area contributed by atoms with E-state index in [-0.39, 0.29) is 0 Å². The van der Waals surface area contributed by atoms with Crippen molar-refractivity contribution < 1.29 is 0 Å². The van der Waals surface area contributed by atoms with Crippen LogP contribution in [0.2, 0.25) is 0 Å². The highest BCUT2D eigenvalue weighted by atomic mass is 14.8. The van der Waals surface area contributed by atoms with Gasteiger partial charge in [-0.05, 0) is 49.9 Å². The van der Waals surface area contributed by atoms with Gasteiger partial charge in [-0.3, -0.25) is 0 Å². The summed E-state index contributed by atoms with van der Waals surface area (Å²) in [5, 5.41) is 3.36. The van der Waals surface area contributed by atoms with Crippen LogP contribution in [-0.2, 0) is 6.42 Å². The third kappa shape index (κ3) is 2.65. The standard InChI is InChI=1S/C15H23N/c1-12-6-3-4-7-14(12)10-15(11-16-2)13-8-5-9-13/h3-4,6-7,13,15-16H,5,8-11H2,1-2H3. The van der Waals surface area contributed by atoms with Crippen LogP contribution in [0.5, 0.6) is 0 Å². The van der Waals surface area contributed by atoms with Crippen LogP contribution in [0.1, 0.15) is 30.4 Å². The van der Waals surface area contributed by atoms with E-state index in [0.29, 0.717) is 0 Å². The molecule has 2 rings (SSSR count). The Morgan fingerprint density at radius 2 is 2.06 bits per heavy atom. The molecular formula is C15H23N. The van der Waals surface area contributed by atoms with Crippen LogP contribution in [0.4, 0.5) is 0 Å². The normalized spacial score (nSPS) is 18.1. The van der Waals surface area contributed by atoms with Gasteiger partial charge in [0.25, 0.3) is 0 Å². The largest absolute Gasteiger partial charge is 0.319 e. The second kappa shape index (κ2) is 5.49. The van der Waals surface area contributed by atoms with Crippen molar-refractivity contribution in [3.63, 3.8) is 0 Å². The van der Waals surface area contributed by atoms with Gasteiger partial charge in [0.05, 0.1) is 0 Å². The van der Waals surface area contributed by atoms with Crippen LogP contribution in [0.25, 0.3) is 0 Å². The molecule has 0 amide bonds. The van der Waals surface area contributed by atoms with E-state index in [1.165, 1.54) is 43.4 Å². The molecule has 0 radical (unpaired) electrons. The van der Waals surface area contributed by atoms with E-state index in [9.17, 15) is 0 Å². The predicted octanol–water partition coefficient (Wildman–Crippen LogP) is 3.17. The number of benzene rings is 1. The Bertz CT molecular complexity index is 328. The number of rotatable bonds is 5. The summed E-state index contributed by atoms with van der Waals surface area (Å²) >= 11 is 0. The molecule has 1 aromatic rings. The molecule has 88 valence electrons. The summed E-state index contributed by atoms with van der Waals surface area (Å²) in [5.41, 5.74) is 2.98. The van der Waals surface area contributed by atoms with E-state index in [1.54, 1.807) is 0 Å². The van der Waals surface area contributed by atoms with Crippen LogP contribution in [0, 0.1) is 18.8 Å². The topological polar surface area (TPSA) is 12.0 Å². The van der Waals surface area contributed by atoms with Gasteiger partial charge in [-0.25, -0.2) is 0 Å². The summed E-state index contributed by atoms with van der Waals surface area (Å²) in [5.74, 6) is 1.80. The molecule has 0 bridgehead atoms. The second-order valence-electron chi connectivity index (χ2n) is 5.14. The summed E-state index contributed by atoms with van der Waals surface area (Å²) in [6.07, 6.45) is 5.58. The number of hydrogen-bond acceptors (Lipinski definition) is 1. The van der Waals surface area contributed by atoms with Crippen molar-refractivity contribution in [2.45, 2.75) is 32.6 Å². The van der Waals surface area contributed by atoms with Gasteiger partial charge in [-0.15, -0.1) is 0 Å². The summed E-state index contributed by atoms with van der Waals surface area (Å²) < 4.78 is 0. The lowest BCUT2D eigenvalue weighted by molar-refractivity contribution is 0.202. The highest BCUT2D eigenvalue weighted by Crippen LogP contribution is 2.35. The molecule has 1 heteroatoms. The fourth-order valence-electron chi connectivity index (χ4n) is 2.70. The highest BCUT2D eigenvalue weighted by molar-refractivity contribution is 5.26. The predicted molar refractivity (Wildman–Crippen MR) is 69.6 cm³/mol. The van der Waals surface area contributed by atoms with Gasteiger partial charge in [-0.2, -0.15) is 0 Å². The molecule has 1 saturated carbocycles. The van der Waals surface area contributed by atoms with Gasteiger partial charge in [-0.1, -0.05) is 43.5 Å². The molecule has 1 atom stereocenters. The van der Waals surface area contributed by atoms with Gasteiger partial charge in [0.1, 0.15) is 0 Å². The van der Waals surface area contributed by atoms with Crippen molar-refractivity contribution in [3.8, 4) is 0 Å². The Balaban J connectivity index is 2.01. The van der Waals surface area contributed by atoms with Crippen molar-refractivity contribution >= 4 is 0 Å². The van der Waals surface area contributed by atoms with Gasteiger partial charge in [0.2, 0.25) is 0 Å². The molecule has 0 aromatic heterocycles. The third-order valence-corrected chi connectivity index (χ3v) is 4.03. The highest BCUT2D eigenvalue weighted by Gasteiger charge is 2.26. The maximum absolute atomic E-state index is 3.36. The molecule has 1 N–H and O–H groups in total. The quantitative estimate of drug-likeness (QED) is 0.799. The van der Waals surface area contributed by atoms with Gasteiger partial charge in [0, 0.05) is 0 Å². The van der Waals surface area contributed by atoms with Crippen LogP contribution in [-0.4, -0.2) is 13.6 Å². The summed E-state index contributed by atoms with van der Waals surface area (Å²) in [7, 11) is 2.07. The maximum atomic E-state index is 3.36. The van der Waals surface area contributed by atoms with E-state index >= 15 is 0 Å². The number of nitrogens with one attached hydrogen (secondary N) is 1. The molecule has 0 aliphatic heterocycles. The van der Waals surface area contributed by atoms with E-state index in [2.05, 4.69) is 43.6 Å². The maximum Gasteiger partial charge on any atom is -0.00177 e. The molecule has 1 nitrogen and oxygen atoms in total. The smallest absolute Gasteiger partial charge is 0.00177 e. The lowest BCUT2D eigenvalue weighted by atomic mass is 9.73. The van der Waals surface area contributed by atoms with Crippen molar-refractivity contribution in [2.24, 2.45) is 11.8 Å². The van der Waals surface area contributed by atoms with E-state index < -0.39 is 0 Å². The minimum atomic E-state index is 0.833. The summed E-state index contributed by atoms with van der Waals surface area (Å²) in [6.45, 7) is 3.39. The zero-order chi connectivity index (χ0) is 11.4. The summed E-state index contributed by atoms with van der Waals surface area (Å²) in [6, 6.07) is 8.82. The second-order valence-corrected chi connectivity index (χ2v) is 5.14. The Hall–Kier alpha value is -0.820. The first-order valence-electron chi connectivity index (χ1n) is 6.50. The molecule has 0 heterocycles. The molecule has 1 aromatic carbocycles. The molecule has 1 aliphatic carbocycles. The van der Waals surface area contributed by atoms with E-state index in [1.807, 2.05) is 0 Å². The molecule has 0 saturated heterocycles.